The maximum absolute atomic E-state index is 2.38. The summed E-state index contributed by atoms with van der Waals surface area (Å²) in [6, 6.07) is 80.5. The second-order valence-electron chi connectivity index (χ2n) is 14.9. The minimum Gasteiger partial charge on any atom is -0.0616 e. The fraction of sp³-hybridized carbons (Fsp3) is 0. The van der Waals surface area contributed by atoms with Crippen molar-refractivity contribution in [2.45, 2.75) is 0 Å². The summed E-state index contributed by atoms with van der Waals surface area (Å²) in [7, 11) is 0. The Balaban J connectivity index is 1.02. The van der Waals surface area contributed by atoms with Gasteiger partial charge in [-0.25, -0.2) is 0 Å². The van der Waals surface area contributed by atoms with Gasteiger partial charge in [0.15, 0.2) is 0 Å². The van der Waals surface area contributed by atoms with E-state index in [0.717, 1.165) is 0 Å². The van der Waals surface area contributed by atoms with Crippen LogP contribution < -0.4 is 0 Å². The second-order valence-corrected chi connectivity index (χ2v) is 14.9. The van der Waals surface area contributed by atoms with E-state index in [1.54, 1.807) is 0 Å². The SMILES string of the molecule is c1cc(-c2cccc(-c3ccc4c5ccccc5c5ccccc5c4c3)c2)cc(-c2cc(-c3ccc4ccccc4c3)cc(-c3ccc4ccccc4c3)c2)c1. The zero-order chi connectivity index (χ0) is 37.0. The smallest absolute Gasteiger partial charge is 0.00928 e. The van der Waals surface area contributed by atoms with Crippen LogP contribution in [0.5, 0.6) is 0 Å². The first-order valence-corrected chi connectivity index (χ1v) is 19.4. The van der Waals surface area contributed by atoms with Crippen LogP contribution in [0.15, 0.2) is 218 Å². The van der Waals surface area contributed by atoms with Crippen molar-refractivity contribution < 1.29 is 0 Å². The molecule has 0 aromatic heterocycles. The van der Waals surface area contributed by atoms with E-state index in [1.807, 2.05) is 0 Å². The first kappa shape index (κ1) is 32.2. The Morgan fingerprint density at radius 1 is 0.143 bits per heavy atom. The van der Waals surface area contributed by atoms with Gasteiger partial charge < -0.3 is 0 Å². The number of hydrogen-bond donors (Lipinski definition) is 0. The topological polar surface area (TPSA) is 0 Å². The maximum atomic E-state index is 2.38. The van der Waals surface area contributed by atoms with Crippen molar-refractivity contribution in [3.05, 3.63) is 218 Å². The van der Waals surface area contributed by atoms with Crippen molar-refractivity contribution in [2.75, 3.05) is 0 Å². The third-order valence-corrected chi connectivity index (χ3v) is 11.6. The molecule has 0 atom stereocenters. The van der Waals surface area contributed by atoms with Crippen molar-refractivity contribution in [1.29, 1.82) is 0 Å². The van der Waals surface area contributed by atoms with Crippen LogP contribution in [0.3, 0.4) is 0 Å². The summed E-state index contributed by atoms with van der Waals surface area (Å²) in [6.07, 6.45) is 0. The molecule has 0 amide bonds. The summed E-state index contributed by atoms with van der Waals surface area (Å²) < 4.78 is 0. The van der Waals surface area contributed by atoms with E-state index < -0.39 is 0 Å². The molecule has 260 valence electrons. The molecule has 11 aromatic carbocycles. The predicted molar refractivity (Wildman–Crippen MR) is 241 cm³/mol. The molecule has 0 heteroatoms. The molecule has 0 aliphatic carbocycles. The van der Waals surface area contributed by atoms with Gasteiger partial charge in [-0.15, -0.1) is 0 Å². The van der Waals surface area contributed by atoms with Crippen molar-refractivity contribution in [3.8, 4) is 55.6 Å². The van der Waals surface area contributed by atoms with Crippen LogP contribution in [-0.2, 0) is 0 Å². The van der Waals surface area contributed by atoms with Gasteiger partial charge in [-0.2, -0.15) is 0 Å². The minimum absolute atomic E-state index is 1.20. The first-order valence-electron chi connectivity index (χ1n) is 19.4. The molecule has 11 rings (SSSR count). The molecule has 0 nitrogen and oxygen atoms in total. The average Bonchev–Trinajstić information content (AvgIpc) is 3.28. The summed E-state index contributed by atoms with van der Waals surface area (Å²) >= 11 is 0. The van der Waals surface area contributed by atoms with E-state index in [4.69, 9.17) is 0 Å². The van der Waals surface area contributed by atoms with Crippen molar-refractivity contribution >= 4 is 53.9 Å². The van der Waals surface area contributed by atoms with Crippen LogP contribution in [0.1, 0.15) is 0 Å². The highest BCUT2D eigenvalue weighted by Crippen LogP contribution is 2.39. The lowest BCUT2D eigenvalue weighted by Gasteiger charge is -2.14. The van der Waals surface area contributed by atoms with E-state index in [1.165, 1.54) is 109 Å². The Labute approximate surface area is 326 Å². The summed E-state index contributed by atoms with van der Waals surface area (Å²) in [5.74, 6) is 0. The fourth-order valence-electron chi connectivity index (χ4n) is 8.71. The molecule has 0 saturated heterocycles. The standard InChI is InChI=1S/C56H36/c1-3-13-39-29-45(25-23-37(39)11-1)49-33-48(34-50(35-49)46-26-24-38-12-2-4-14-40(38)30-46)44-18-10-16-42(32-44)41-15-9-17-43(31-41)47-27-28-55-53-21-6-5-19-51(53)52-20-7-8-22-54(52)56(55)36-47/h1-36H. The molecule has 0 heterocycles. The van der Waals surface area contributed by atoms with Crippen LogP contribution in [-0.4, -0.2) is 0 Å². The van der Waals surface area contributed by atoms with Gasteiger partial charge >= 0.3 is 0 Å². The van der Waals surface area contributed by atoms with E-state index in [9.17, 15) is 0 Å². The van der Waals surface area contributed by atoms with Gasteiger partial charge in [0.2, 0.25) is 0 Å². The van der Waals surface area contributed by atoms with Gasteiger partial charge in [0, 0.05) is 0 Å². The van der Waals surface area contributed by atoms with Crippen LogP contribution in [0, 0.1) is 0 Å². The molecule has 0 radical (unpaired) electrons. The highest BCUT2D eigenvalue weighted by molar-refractivity contribution is 6.25. The Morgan fingerprint density at radius 2 is 0.446 bits per heavy atom. The monoisotopic (exact) mass is 708 g/mol. The van der Waals surface area contributed by atoms with Crippen LogP contribution in [0.2, 0.25) is 0 Å². The molecule has 0 aliphatic heterocycles. The fourth-order valence-corrected chi connectivity index (χ4v) is 8.71. The molecule has 0 fully saturated rings. The van der Waals surface area contributed by atoms with E-state index in [2.05, 4.69) is 218 Å². The predicted octanol–water partition coefficient (Wildman–Crippen LogP) is 15.8. The highest BCUT2D eigenvalue weighted by Gasteiger charge is 2.13. The van der Waals surface area contributed by atoms with Crippen LogP contribution in [0.25, 0.3) is 109 Å². The molecule has 0 aliphatic rings. The van der Waals surface area contributed by atoms with Crippen LogP contribution in [0.4, 0.5) is 0 Å². The summed E-state index contributed by atoms with van der Waals surface area (Å²) in [5, 5.41) is 12.8. The van der Waals surface area contributed by atoms with Crippen molar-refractivity contribution in [1.82, 2.24) is 0 Å². The lowest BCUT2D eigenvalue weighted by atomic mass is 9.90. The van der Waals surface area contributed by atoms with E-state index in [-0.39, 0.29) is 0 Å². The lowest BCUT2D eigenvalue weighted by molar-refractivity contribution is 1.56. The zero-order valence-electron chi connectivity index (χ0n) is 30.8. The summed E-state index contributed by atoms with van der Waals surface area (Å²) in [6.45, 7) is 0. The minimum atomic E-state index is 1.20. The number of fused-ring (bicyclic) bond motifs is 8. The van der Waals surface area contributed by atoms with E-state index >= 15 is 0 Å². The molecule has 0 spiro atoms. The molecule has 0 saturated carbocycles. The summed E-state index contributed by atoms with van der Waals surface area (Å²) in [4.78, 5) is 0. The Hall–Kier alpha value is -7.28. The maximum Gasteiger partial charge on any atom is -0.00928 e. The van der Waals surface area contributed by atoms with Gasteiger partial charge in [0.05, 0.1) is 0 Å². The van der Waals surface area contributed by atoms with Gasteiger partial charge in [-0.1, -0.05) is 170 Å². The normalized spacial score (nSPS) is 11.6. The third-order valence-electron chi connectivity index (χ3n) is 11.6. The highest BCUT2D eigenvalue weighted by atomic mass is 14.2. The molecule has 0 bridgehead atoms. The summed E-state index contributed by atoms with van der Waals surface area (Å²) in [5.41, 5.74) is 12.1. The van der Waals surface area contributed by atoms with Crippen molar-refractivity contribution in [2.24, 2.45) is 0 Å². The van der Waals surface area contributed by atoms with E-state index in [0.29, 0.717) is 0 Å². The molecular formula is C56H36. The van der Waals surface area contributed by atoms with Crippen molar-refractivity contribution in [3.63, 3.8) is 0 Å². The number of rotatable bonds is 5. The average molecular weight is 709 g/mol. The quantitative estimate of drug-likeness (QED) is 0.156. The van der Waals surface area contributed by atoms with Gasteiger partial charge in [0.1, 0.15) is 0 Å². The molecule has 11 aromatic rings. The largest absolute Gasteiger partial charge is 0.0616 e. The molecule has 0 N–H and O–H groups in total. The van der Waals surface area contributed by atoms with Gasteiger partial charge in [0.25, 0.3) is 0 Å². The molecule has 56 heavy (non-hydrogen) atoms. The Morgan fingerprint density at radius 3 is 0.911 bits per heavy atom. The Kier molecular flexibility index (Phi) is 7.60. The first-order chi connectivity index (χ1) is 27.7. The van der Waals surface area contributed by atoms with Crippen LogP contribution >= 0.6 is 0 Å². The Bertz CT molecular complexity index is 3180. The second kappa shape index (κ2) is 13.2. The van der Waals surface area contributed by atoms with Gasteiger partial charge in [-0.05, 0) is 158 Å². The van der Waals surface area contributed by atoms with Gasteiger partial charge in [-0.3, -0.25) is 0 Å². The third kappa shape index (κ3) is 5.63. The molecular weight excluding hydrogens is 673 g/mol. The number of hydrogen-bond acceptors (Lipinski definition) is 0. The number of benzene rings is 11. The zero-order valence-corrected chi connectivity index (χ0v) is 30.8. The lowest BCUT2D eigenvalue weighted by Crippen LogP contribution is -1.88. The molecule has 0 unspecified atom stereocenters.